The predicted molar refractivity (Wildman–Crippen MR) is 69.3 cm³/mol. The molecule has 3 heterocycles. The summed E-state index contributed by atoms with van der Waals surface area (Å²) >= 11 is 0. The molecule has 1 saturated heterocycles. The molecule has 2 unspecified atom stereocenters. The number of methoxy groups -OCH3 is 1. The molecule has 0 aromatic carbocycles. The molecule has 0 radical (unpaired) electrons. The van der Waals surface area contributed by atoms with Gasteiger partial charge in [0.05, 0.1) is 19.2 Å². The summed E-state index contributed by atoms with van der Waals surface area (Å²) in [5.74, 6) is 0.595. The minimum absolute atomic E-state index is 0.358. The molecule has 3 N–H and O–H groups in total. The molecule has 4 atom stereocenters. The smallest absolute Gasteiger partial charge is 0.163 e. The van der Waals surface area contributed by atoms with Crippen molar-refractivity contribution in [2.75, 3.05) is 13.7 Å². The maximum Gasteiger partial charge on any atom is 0.163 e. The summed E-state index contributed by atoms with van der Waals surface area (Å²) in [6.45, 7) is -0.358. The fraction of sp³-hybridized carbons (Fsp3) is 0.462. The van der Waals surface area contributed by atoms with Crippen LogP contribution in [0.2, 0.25) is 0 Å². The lowest BCUT2D eigenvalue weighted by Gasteiger charge is -2.18. The number of hydrogen-bond acceptors (Lipinski definition) is 6. The van der Waals surface area contributed by atoms with Crippen molar-refractivity contribution in [1.29, 1.82) is 0 Å². The Morgan fingerprint density at radius 2 is 2.15 bits per heavy atom. The first-order valence-electron chi connectivity index (χ1n) is 6.29. The second kappa shape index (κ2) is 5.02. The Balaban J connectivity index is 2.07. The molecular formula is C13H16N2O5. The van der Waals surface area contributed by atoms with E-state index in [4.69, 9.17) is 14.6 Å². The first-order valence-corrected chi connectivity index (χ1v) is 6.29. The van der Waals surface area contributed by atoms with Gasteiger partial charge in [-0.3, -0.25) is 4.98 Å². The third-order valence-electron chi connectivity index (χ3n) is 3.58. The van der Waals surface area contributed by atoms with Crippen molar-refractivity contribution < 1.29 is 24.8 Å². The average molecular weight is 280 g/mol. The third-order valence-corrected chi connectivity index (χ3v) is 3.58. The van der Waals surface area contributed by atoms with Crippen LogP contribution in [0.25, 0.3) is 11.0 Å². The number of rotatable bonds is 3. The van der Waals surface area contributed by atoms with Crippen molar-refractivity contribution in [2.24, 2.45) is 0 Å². The van der Waals surface area contributed by atoms with E-state index in [9.17, 15) is 10.2 Å². The van der Waals surface area contributed by atoms with E-state index in [0.29, 0.717) is 16.8 Å². The Morgan fingerprint density at radius 1 is 1.35 bits per heavy atom. The third kappa shape index (κ3) is 1.87. The maximum absolute atomic E-state index is 10.1. The highest BCUT2D eigenvalue weighted by Crippen LogP contribution is 2.34. The molecule has 1 aliphatic heterocycles. The fourth-order valence-corrected chi connectivity index (χ4v) is 2.55. The second-order valence-electron chi connectivity index (χ2n) is 4.70. The summed E-state index contributed by atoms with van der Waals surface area (Å²) < 4.78 is 12.5. The van der Waals surface area contributed by atoms with Gasteiger partial charge in [0.2, 0.25) is 0 Å². The quantitative estimate of drug-likeness (QED) is 0.711. The number of aromatic nitrogens is 2. The Hall–Kier alpha value is -1.67. The molecule has 0 bridgehead atoms. The van der Waals surface area contributed by atoms with Gasteiger partial charge in [0.25, 0.3) is 0 Å². The van der Waals surface area contributed by atoms with Gasteiger partial charge in [0.1, 0.15) is 29.6 Å². The van der Waals surface area contributed by atoms with Gasteiger partial charge in [-0.05, 0) is 6.07 Å². The van der Waals surface area contributed by atoms with E-state index < -0.39 is 24.5 Å². The summed E-state index contributed by atoms with van der Waals surface area (Å²) in [4.78, 5) is 4.22. The molecule has 7 nitrogen and oxygen atoms in total. The first kappa shape index (κ1) is 13.3. The van der Waals surface area contributed by atoms with Crippen LogP contribution in [0, 0.1) is 0 Å². The standard InChI is InChI=1S/C13H16N2O5/c1-19-8-2-4-14-7-3-5-15(10(7)8)13-12(18)11(17)9(6-16)20-13/h2-5,9,11-13,16-18H,6H2,1H3/t9-,11?,12?,13-/m1/s1. The van der Waals surface area contributed by atoms with Crippen LogP contribution in [-0.2, 0) is 4.74 Å². The molecular weight excluding hydrogens is 264 g/mol. The summed E-state index contributed by atoms with van der Waals surface area (Å²) in [6, 6.07) is 3.48. The molecule has 0 amide bonds. The van der Waals surface area contributed by atoms with Gasteiger partial charge in [-0.15, -0.1) is 0 Å². The van der Waals surface area contributed by atoms with E-state index in [2.05, 4.69) is 4.98 Å². The molecule has 1 fully saturated rings. The van der Waals surface area contributed by atoms with E-state index in [-0.39, 0.29) is 6.61 Å². The Kier molecular flexibility index (Phi) is 3.35. The number of aliphatic hydroxyl groups is 3. The zero-order chi connectivity index (χ0) is 14.3. The van der Waals surface area contributed by atoms with Gasteiger partial charge >= 0.3 is 0 Å². The van der Waals surface area contributed by atoms with E-state index in [1.807, 2.05) is 0 Å². The minimum atomic E-state index is -1.13. The highest BCUT2D eigenvalue weighted by molar-refractivity contribution is 5.82. The van der Waals surface area contributed by atoms with Crippen LogP contribution in [0.3, 0.4) is 0 Å². The molecule has 0 saturated carbocycles. The van der Waals surface area contributed by atoms with Gasteiger partial charge < -0.3 is 29.4 Å². The van der Waals surface area contributed by atoms with Crippen molar-refractivity contribution in [2.45, 2.75) is 24.5 Å². The number of pyridine rings is 1. The van der Waals surface area contributed by atoms with Gasteiger partial charge in [0, 0.05) is 18.5 Å². The maximum atomic E-state index is 10.1. The van der Waals surface area contributed by atoms with Crippen LogP contribution in [0.5, 0.6) is 5.75 Å². The molecule has 20 heavy (non-hydrogen) atoms. The number of aliphatic hydroxyl groups excluding tert-OH is 3. The fourth-order valence-electron chi connectivity index (χ4n) is 2.55. The summed E-state index contributed by atoms with van der Waals surface area (Å²) in [5, 5.41) is 29.1. The topological polar surface area (TPSA) is 97.0 Å². The highest BCUT2D eigenvalue weighted by Gasteiger charge is 2.43. The summed E-state index contributed by atoms with van der Waals surface area (Å²) in [5.41, 5.74) is 1.37. The lowest BCUT2D eigenvalue weighted by Crippen LogP contribution is -2.33. The molecule has 2 aromatic heterocycles. The van der Waals surface area contributed by atoms with E-state index >= 15 is 0 Å². The summed E-state index contributed by atoms with van der Waals surface area (Å²) in [7, 11) is 1.55. The number of ether oxygens (including phenoxy) is 2. The van der Waals surface area contributed by atoms with Crippen LogP contribution in [0.4, 0.5) is 0 Å². The largest absolute Gasteiger partial charge is 0.494 e. The molecule has 0 aliphatic carbocycles. The minimum Gasteiger partial charge on any atom is -0.494 e. The first-order chi connectivity index (χ1) is 9.67. The monoisotopic (exact) mass is 280 g/mol. The van der Waals surface area contributed by atoms with Crippen molar-refractivity contribution in [3.63, 3.8) is 0 Å². The summed E-state index contributed by atoms with van der Waals surface area (Å²) in [6.07, 6.45) is -0.533. The van der Waals surface area contributed by atoms with Crippen LogP contribution in [0.1, 0.15) is 6.23 Å². The number of hydrogen-bond donors (Lipinski definition) is 3. The Bertz CT molecular complexity index is 614. The van der Waals surface area contributed by atoms with E-state index in [1.54, 1.807) is 36.2 Å². The van der Waals surface area contributed by atoms with Crippen LogP contribution in [0.15, 0.2) is 24.5 Å². The van der Waals surface area contributed by atoms with E-state index in [1.165, 1.54) is 0 Å². The lowest BCUT2D eigenvalue weighted by atomic mass is 10.1. The van der Waals surface area contributed by atoms with Crippen LogP contribution < -0.4 is 4.74 Å². The van der Waals surface area contributed by atoms with Crippen molar-refractivity contribution >= 4 is 11.0 Å². The highest BCUT2D eigenvalue weighted by atomic mass is 16.6. The van der Waals surface area contributed by atoms with E-state index in [0.717, 1.165) is 0 Å². The van der Waals surface area contributed by atoms with Crippen molar-refractivity contribution in [3.05, 3.63) is 24.5 Å². The number of nitrogens with zero attached hydrogens (tertiary/aromatic N) is 2. The van der Waals surface area contributed by atoms with Crippen LogP contribution >= 0.6 is 0 Å². The van der Waals surface area contributed by atoms with Crippen LogP contribution in [-0.4, -0.2) is 56.9 Å². The molecule has 108 valence electrons. The molecule has 1 aliphatic rings. The average Bonchev–Trinajstić information content (AvgIpc) is 3.01. The normalized spacial score (nSPS) is 30.0. The van der Waals surface area contributed by atoms with Gasteiger partial charge in [-0.2, -0.15) is 0 Å². The predicted octanol–water partition coefficient (Wildman–Crippen LogP) is -0.344. The second-order valence-corrected chi connectivity index (χ2v) is 4.70. The molecule has 0 spiro atoms. The van der Waals surface area contributed by atoms with Crippen molar-refractivity contribution in [1.82, 2.24) is 9.55 Å². The van der Waals surface area contributed by atoms with Gasteiger partial charge in [-0.1, -0.05) is 0 Å². The molecule has 2 aromatic rings. The Morgan fingerprint density at radius 3 is 2.80 bits per heavy atom. The molecule has 3 rings (SSSR count). The molecule has 7 heteroatoms. The zero-order valence-corrected chi connectivity index (χ0v) is 10.9. The lowest BCUT2D eigenvalue weighted by molar-refractivity contribution is -0.0507. The number of fused-ring (bicyclic) bond motifs is 1. The van der Waals surface area contributed by atoms with Gasteiger partial charge in [-0.25, -0.2) is 0 Å². The zero-order valence-electron chi connectivity index (χ0n) is 10.9. The van der Waals surface area contributed by atoms with Crippen molar-refractivity contribution in [3.8, 4) is 5.75 Å². The Labute approximate surface area is 115 Å². The SMILES string of the molecule is COc1ccnc2ccn([C@@H]3O[C@H](CO)C(O)C3O)c12. The van der Waals surface area contributed by atoms with Gasteiger partial charge in [0.15, 0.2) is 6.23 Å².